The Morgan fingerprint density at radius 2 is 1.00 bits per heavy atom. The van der Waals surface area contributed by atoms with Crippen molar-refractivity contribution in [2.45, 2.75) is 0 Å². The van der Waals surface area contributed by atoms with Gasteiger partial charge in [0.15, 0.2) is 0 Å². The minimum absolute atomic E-state index is 0. The fourth-order valence-electron chi connectivity index (χ4n) is 0. The third kappa shape index (κ3) is 18.8. The third-order valence-corrected chi connectivity index (χ3v) is 0. The van der Waals surface area contributed by atoms with Gasteiger partial charge in [-0.1, -0.05) is 0 Å². The molecule has 0 unspecified atom stereocenters. The molecule has 0 spiro atoms. The van der Waals surface area contributed by atoms with Crippen LogP contribution >= 0.6 is 0 Å². The van der Waals surface area contributed by atoms with Crippen LogP contribution < -0.4 is 0 Å². The van der Waals surface area contributed by atoms with Crippen molar-refractivity contribution < 1.29 is 57.7 Å². The standard InChI is InChI=1S/2Cd.In.O.Sn.3H. The Hall–Kier alpha value is 3.31. The summed E-state index contributed by atoms with van der Waals surface area (Å²) < 4.78 is 8.34. The molecule has 0 fully saturated rings. The first-order valence-electron chi connectivity index (χ1n) is 0.204. The monoisotopic (exact) mass is 482 g/mol. The quantitative estimate of drug-likeness (QED) is 0.381. The van der Waals surface area contributed by atoms with E-state index in [1.165, 1.54) is 0 Å². The maximum absolute atomic E-state index is 8.34. The fraction of sp³-hybridized carbons (Fsp3) is 0. The normalized spacial score (nSPS) is 0.800. The molecule has 0 amide bonds. The van der Waals surface area contributed by atoms with Crippen LogP contribution in [-0.2, 0) is 57.7 Å². The molecule has 0 aliphatic heterocycles. The second-order valence-corrected chi connectivity index (χ2v) is 0. The molecule has 0 aliphatic rings. The van der Waals surface area contributed by atoms with E-state index in [0.29, 0.717) is 22.5 Å². The second-order valence-electron chi connectivity index (χ2n) is 0. The molecule has 5 heteroatoms. The summed E-state index contributed by atoms with van der Waals surface area (Å²) in [6, 6.07) is 0. The first kappa shape index (κ1) is 23.9. The molecule has 0 saturated heterocycles. The Balaban J connectivity index is -0.00000000167. The summed E-state index contributed by atoms with van der Waals surface area (Å²) in [5.41, 5.74) is 0. The average molecular weight is 477 g/mol. The number of hydrogen-bond donors (Lipinski definition) is 0. The van der Waals surface area contributed by atoms with E-state index in [4.69, 9.17) is 3.08 Å². The first-order chi connectivity index (χ1) is 1.00. The van der Waals surface area contributed by atoms with Gasteiger partial charge in [-0.3, -0.25) is 0 Å². The van der Waals surface area contributed by atoms with Crippen molar-refractivity contribution in [2.75, 3.05) is 0 Å². The minimum atomic E-state index is 0. The molecule has 1 nitrogen and oxygen atoms in total. The maximum atomic E-state index is 8.34. The van der Waals surface area contributed by atoms with Crippen molar-refractivity contribution in [1.82, 2.24) is 0 Å². The van der Waals surface area contributed by atoms with Gasteiger partial charge in [0.2, 0.25) is 0 Å². The van der Waals surface area contributed by atoms with E-state index in [1.807, 2.05) is 0 Å². The van der Waals surface area contributed by atoms with Crippen LogP contribution in [0, 0.1) is 0 Å². The summed E-state index contributed by atoms with van der Waals surface area (Å²) in [6.07, 6.45) is 0. The Labute approximate surface area is 104 Å². The molecule has 20 valence electrons. The van der Waals surface area contributed by atoms with Crippen molar-refractivity contribution in [3.8, 4) is 0 Å². The molecule has 0 saturated carbocycles. The van der Waals surface area contributed by atoms with Crippen molar-refractivity contribution in [1.29, 1.82) is 0 Å². The van der Waals surface area contributed by atoms with Crippen LogP contribution in [0.5, 0.6) is 0 Å². The van der Waals surface area contributed by atoms with Gasteiger partial charge in [-0.25, -0.2) is 0 Å². The molecular weight excluding hydrogens is 474 g/mol. The predicted molar refractivity (Wildman–Crippen MR) is 16.4 cm³/mol. The van der Waals surface area contributed by atoms with Gasteiger partial charge in [0.05, 0.1) is 0 Å². The van der Waals surface area contributed by atoms with Gasteiger partial charge in [0, 0.05) is 54.6 Å². The van der Waals surface area contributed by atoms with Crippen LogP contribution in [0.4, 0.5) is 0 Å². The Bertz CT molecular complexity index is 9.61. The molecule has 2 radical (unpaired) electrons. The molecule has 0 aliphatic carbocycles. The van der Waals surface area contributed by atoms with Crippen molar-refractivity contribution >= 4 is 48.4 Å². The van der Waals surface area contributed by atoms with E-state index in [2.05, 4.69) is 0 Å². The molecule has 0 aromatic carbocycles. The van der Waals surface area contributed by atoms with E-state index >= 15 is 0 Å². The van der Waals surface area contributed by atoms with Crippen molar-refractivity contribution in [3.05, 3.63) is 0 Å². The average Bonchev–Trinajstić information content (AvgIpc) is 1.00. The Morgan fingerprint density at radius 3 is 1.00 bits per heavy atom. The van der Waals surface area contributed by atoms with E-state index in [1.54, 1.807) is 0 Å². The van der Waals surface area contributed by atoms with E-state index in [-0.39, 0.29) is 80.4 Å². The predicted octanol–water partition coefficient (Wildman–Crippen LogP) is -1.69. The Kier molecular flexibility index (Phi) is 127. The topological polar surface area (TPSA) is 17.1 Å². The van der Waals surface area contributed by atoms with Gasteiger partial charge < -0.3 is 0 Å². The van der Waals surface area contributed by atoms with Crippen LogP contribution in [0.15, 0.2) is 0 Å². The van der Waals surface area contributed by atoms with Gasteiger partial charge >= 0.3 is 51.4 Å². The van der Waals surface area contributed by atoms with Gasteiger partial charge in [0.1, 0.15) is 0 Å². The number of hydrogen-bond acceptors (Lipinski definition) is 1. The molecule has 0 rings (SSSR count). The fourth-order valence-corrected chi connectivity index (χ4v) is 0. The Morgan fingerprint density at radius 1 is 1.00 bits per heavy atom. The first-order valence-corrected chi connectivity index (χ1v) is 1.37. The van der Waals surface area contributed by atoms with Crippen LogP contribution in [0.1, 0.15) is 0 Å². The van der Waals surface area contributed by atoms with Gasteiger partial charge in [-0.05, 0) is 0 Å². The molecule has 0 heterocycles. The number of rotatable bonds is 0. The zero-order chi connectivity index (χ0) is 2.00. The van der Waals surface area contributed by atoms with Gasteiger partial charge in [-0.15, -0.1) is 0 Å². The molecule has 0 aromatic heterocycles. The van der Waals surface area contributed by atoms with E-state index < -0.39 is 0 Å². The van der Waals surface area contributed by atoms with Crippen LogP contribution in [0.2, 0.25) is 0 Å². The van der Waals surface area contributed by atoms with Crippen LogP contribution in [0.3, 0.4) is 0 Å². The third-order valence-electron chi connectivity index (χ3n) is 0. The van der Waals surface area contributed by atoms with Crippen molar-refractivity contribution in [3.63, 3.8) is 0 Å². The summed E-state index contributed by atoms with van der Waals surface area (Å²) in [6.45, 7) is 0. The summed E-state index contributed by atoms with van der Waals surface area (Å²) in [5.74, 6) is 0. The summed E-state index contributed by atoms with van der Waals surface area (Å²) in [4.78, 5) is 0. The zero-order valence-electron chi connectivity index (χ0n) is 2.32. The summed E-state index contributed by atoms with van der Waals surface area (Å²) in [5, 5.41) is 0. The summed E-state index contributed by atoms with van der Waals surface area (Å²) >= 11 is 0.300. The molecule has 5 heavy (non-hydrogen) atoms. The van der Waals surface area contributed by atoms with Crippen molar-refractivity contribution in [2.24, 2.45) is 0 Å². The molecule has 0 N–H and O–H groups in total. The van der Waals surface area contributed by atoms with Crippen LogP contribution in [-0.4, -0.2) is 48.4 Å². The SMILES string of the molecule is [Cd].[Cd].[InH3].[O]=[Sn]. The summed E-state index contributed by atoms with van der Waals surface area (Å²) in [7, 11) is 0. The van der Waals surface area contributed by atoms with Gasteiger partial charge in [0.25, 0.3) is 0 Å². The zero-order valence-corrected chi connectivity index (χ0v) is 13.2. The second kappa shape index (κ2) is 26.6. The molecule has 0 atom stereocenters. The molecule has 0 aromatic rings. The van der Waals surface area contributed by atoms with E-state index in [9.17, 15) is 0 Å². The van der Waals surface area contributed by atoms with Gasteiger partial charge in [-0.2, -0.15) is 0 Å². The van der Waals surface area contributed by atoms with Crippen LogP contribution in [0.25, 0.3) is 0 Å². The molecule has 0 bridgehead atoms. The molecular formula is H3Cd2InOSn. The van der Waals surface area contributed by atoms with E-state index in [0.717, 1.165) is 0 Å².